The van der Waals surface area contributed by atoms with Crippen LogP contribution in [0.1, 0.15) is 18.4 Å². The van der Waals surface area contributed by atoms with Crippen LogP contribution >= 0.6 is 0 Å². The quantitative estimate of drug-likeness (QED) is 0.329. The van der Waals surface area contributed by atoms with Gasteiger partial charge in [0.05, 0.1) is 21.8 Å². The van der Waals surface area contributed by atoms with Crippen molar-refractivity contribution >= 4 is 26.8 Å². The number of rotatable bonds is 8. The third-order valence-corrected chi connectivity index (χ3v) is 7.05. The van der Waals surface area contributed by atoms with Crippen LogP contribution in [-0.4, -0.2) is 50.5 Å². The molecule has 11 heteroatoms. The first kappa shape index (κ1) is 23.0. The second-order valence-corrected chi connectivity index (χ2v) is 10.9. The topological polar surface area (TPSA) is 125 Å². The highest BCUT2D eigenvalue weighted by molar-refractivity contribution is 7.90. The molecule has 3 heterocycles. The van der Waals surface area contributed by atoms with Gasteiger partial charge in [-0.3, -0.25) is 0 Å². The average molecular weight is 514 g/mol. The third kappa shape index (κ3) is 5.12. The van der Waals surface area contributed by atoms with Crippen LogP contribution in [0.3, 0.4) is 0 Å². The van der Waals surface area contributed by atoms with Crippen LogP contribution in [0.25, 0.3) is 28.0 Å². The van der Waals surface area contributed by atoms with E-state index < -0.39 is 9.84 Å². The maximum atomic E-state index is 12.0. The Morgan fingerprint density at radius 1 is 1.03 bits per heavy atom. The van der Waals surface area contributed by atoms with Gasteiger partial charge in [0.25, 0.3) is 0 Å². The molecule has 6 rings (SSSR count). The van der Waals surface area contributed by atoms with E-state index in [0.717, 1.165) is 24.1 Å². The van der Waals surface area contributed by atoms with Crippen LogP contribution in [0.2, 0.25) is 0 Å². The van der Waals surface area contributed by atoms with Crippen molar-refractivity contribution in [2.75, 3.05) is 11.6 Å². The van der Waals surface area contributed by atoms with Gasteiger partial charge >= 0.3 is 0 Å². The molecule has 0 bridgehead atoms. The molecule has 0 amide bonds. The number of nitrogens with zero attached hydrogens (tertiary/aromatic N) is 6. The molecule has 1 fully saturated rings. The van der Waals surface area contributed by atoms with Gasteiger partial charge in [-0.05, 0) is 54.8 Å². The van der Waals surface area contributed by atoms with E-state index in [0.29, 0.717) is 40.7 Å². The fourth-order valence-corrected chi connectivity index (χ4v) is 4.50. The zero-order valence-electron chi connectivity index (χ0n) is 19.9. The molecule has 2 aromatic carbocycles. The molecule has 1 saturated carbocycles. The number of hydrogen-bond donors (Lipinski definition) is 1. The van der Waals surface area contributed by atoms with E-state index in [2.05, 4.69) is 25.4 Å². The number of aromatic nitrogens is 6. The second-order valence-electron chi connectivity index (χ2n) is 8.89. The van der Waals surface area contributed by atoms with Gasteiger partial charge in [-0.15, -0.1) is 0 Å². The highest BCUT2D eigenvalue weighted by Gasteiger charge is 2.26. The number of benzene rings is 2. The maximum absolute atomic E-state index is 12.0. The molecule has 0 unspecified atom stereocenters. The molecule has 0 aliphatic heterocycles. The Hall–Kier alpha value is -4.38. The van der Waals surface area contributed by atoms with Gasteiger partial charge < -0.3 is 10.1 Å². The lowest BCUT2D eigenvalue weighted by Gasteiger charge is -2.12. The Kier molecular flexibility index (Phi) is 5.76. The van der Waals surface area contributed by atoms with Crippen molar-refractivity contribution in [2.45, 2.75) is 30.4 Å². The molecule has 1 aliphatic carbocycles. The van der Waals surface area contributed by atoms with Crippen LogP contribution in [0.5, 0.6) is 5.88 Å². The maximum Gasteiger partial charge on any atom is 0.245 e. The van der Waals surface area contributed by atoms with Gasteiger partial charge in [0.15, 0.2) is 15.4 Å². The molecule has 186 valence electrons. The van der Waals surface area contributed by atoms with Crippen molar-refractivity contribution in [3.63, 3.8) is 0 Å². The first-order chi connectivity index (χ1) is 17.9. The monoisotopic (exact) mass is 513 g/mol. The van der Waals surface area contributed by atoms with Crippen molar-refractivity contribution in [1.82, 2.24) is 29.7 Å². The number of anilines is 1. The summed E-state index contributed by atoms with van der Waals surface area (Å²) in [4.78, 5) is 18.2. The molecule has 0 spiro atoms. The number of fused-ring (bicyclic) bond motifs is 1. The summed E-state index contributed by atoms with van der Waals surface area (Å²) in [5.41, 5.74) is 4.47. The second kappa shape index (κ2) is 9.25. The summed E-state index contributed by atoms with van der Waals surface area (Å²) in [6.45, 7) is 0.524. The highest BCUT2D eigenvalue weighted by atomic mass is 32.2. The standard InChI is InChI=1S/C26H23N7O3S/c1-37(34,35)21-4-2-3-18(13-21)22-11-12-23-24(30-22)25(36-20-9-10-20)32-26(31-23)28-14-17-5-7-19(8-6-17)33-16-27-15-29-33/h2-8,11-13,15-16,20H,9-10,14H2,1H3,(H,28,31,32). The molecule has 1 aliphatic rings. The summed E-state index contributed by atoms with van der Waals surface area (Å²) < 4.78 is 31.8. The Bertz CT molecular complexity index is 1680. The Balaban J connectivity index is 1.28. The molecule has 37 heavy (non-hydrogen) atoms. The van der Waals surface area contributed by atoms with Crippen molar-refractivity contribution in [3.8, 4) is 22.8 Å². The van der Waals surface area contributed by atoms with Gasteiger partial charge in [-0.2, -0.15) is 10.1 Å². The Morgan fingerprint density at radius 3 is 2.59 bits per heavy atom. The first-order valence-corrected chi connectivity index (χ1v) is 13.7. The van der Waals surface area contributed by atoms with Crippen molar-refractivity contribution in [1.29, 1.82) is 0 Å². The van der Waals surface area contributed by atoms with E-state index in [1.165, 1.54) is 12.6 Å². The largest absolute Gasteiger partial charge is 0.473 e. The summed E-state index contributed by atoms with van der Waals surface area (Å²) in [5, 5.41) is 7.42. The van der Waals surface area contributed by atoms with E-state index in [1.807, 2.05) is 42.5 Å². The normalized spacial score (nSPS) is 13.5. The molecular weight excluding hydrogens is 490 g/mol. The van der Waals surface area contributed by atoms with E-state index >= 15 is 0 Å². The number of hydrogen-bond acceptors (Lipinski definition) is 9. The van der Waals surface area contributed by atoms with Gasteiger partial charge in [0, 0.05) is 18.4 Å². The van der Waals surface area contributed by atoms with E-state index in [4.69, 9.17) is 9.72 Å². The van der Waals surface area contributed by atoms with E-state index in [9.17, 15) is 8.42 Å². The fourth-order valence-electron chi connectivity index (χ4n) is 3.83. The number of ether oxygens (including phenoxy) is 1. The molecule has 10 nitrogen and oxygen atoms in total. The van der Waals surface area contributed by atoms with Crippen LogP contribution in [-0.2, 0) is 16.4 Å². The van der Waals surface area contributed by atoms with Crippen molar-refractivity contribution in [3.05, 3.63) is 78.9 Å². The average Bonchev–Trinajstić information content (AvgIpc) is 3.55. The zero-order chi connectivity index (χ0) is 25.4. The van der Waals surface area contributed by atoms with Crippen LogP contribution in [0, 0.1) is 0 Å². The molecule has 1 N–H and O–H groups in total. The van der Waals surface area contributed by atoms with Crippen molar-refractivity contribution in [2.24, 2.45) is 0 Å². The lowest BCUT2D eigenvalue weighted by atomic mass is 10.1. The smallest absolute Gasteiger partial charge is 0.245 e. The molecule has 5 aromatic rings. The van der Waals surface area contributed by atoms with Crippen LogP contribution < -0.4 is 10.1 Å². The van der Waals surface area contributed by atoms with Crippen LogP contribution in [0.4, 0.5) is 5.95 Å². The molecule has 3 aromatic heterocycles. The Labute approximate surface area is 213 Å². The van der Waals surface area contributed by atoms with Gasteiger partial charge in [0.2, 0.25) is 11.8 Å². The number of pyridine rings is 1. The summed E-state index contributed by atoms with van der Waals surface area (Å²) >= 11 is 0. The lowest BCUT2D eigenvalue weighted by molar-refractivity contribution is 0.294. The van der Waals surface area contributed by atoms with Gasteiger partial charge in [-0.25, -0.2) is 28.1 Å². The predicted molar refractivity (Wildman–Crippen MR) is 138 cm³/mol. The lowest BCUT2D eigenvalue weighted by Crippen LogP contribution is -2.08. The summed E-state index contributed by atoms with van der Waals surface area (Å²) in [6, 6.07) is 18.4. The minimum absolute atomic E-state index is 0.120. The molecule has 0 radical (unpaired) electrons. The summed E-state index contributed by atoms with van der Waals surface area (Å²) in [5.74, 6) is 0.856. The van der Waals surface area contributed by atoms with Gasteiger partial charge in [-0.1, -0.05) is 24.3 Å². The SMILES string of the molecule is CS(=O)(=O)c1cccc(-c2ccc3nc(NCc4ccc(-n5cncn5)cc4)nc(OC4CC4)c3n2)c1. The summed E-state index contributed by atoms with van der Waals surface area (Å²) in [6.07, 6.45) is 6.41. The van der Waals surface area contributed by atoms with E-state index in [1.54, 1.807) is 29.2 Å². The highest BCUT2D eigenvalue weighted by Crippen LogP contribution is 2.32. The van der Waals surface area contributed by atoms with E-state index in [-0.39, 0.29) is 11.0 Å². The molecule has 0 saturated heterocycles. The first-order valence-electron chi connectivity index (χ1n) is 11.8. The van der Waals surface area contributed by atoms with Crippen molar-refractivity contribution < 1.29 is 13.2 Å². The minimum atomic E-state index is -3.33. The third-order valence-electron chi connectivity index (χ3n) is 5.94. The predicted octanol–water partition coefficient (Wildman–Crippen LogP) is 3.83. The number of sulfone groups is 1. The molecule has 0 atom stereocenters. The van der Waals surface area contributed by atoms with Gasteiger partial charge in [0.1, 0.15) is 18.8 Å². The summed E-state index contributed by atoms with van der Waals surface area (Å²) in [7, 11) is -3.33. The van der Waals surface area contributed by atoms with Crippen LogP contribution in [0.15, 0.2) is 78.2 Å². The fraction of sp³-hybridized carbons (Fsp3) is 0.192. The molecular formula is C26H23N7O3S. The number of nitrogens with one attached hydrogen (secondary N) is 1. The minimum Gasteiger partial charge on any atom is -0.473 e. The Morgan fingerprint density at radius 2 is 1.86 bits per heavy atom. The zero-order valence-corrected chi connectivity index (χ0v) is 20.8.